The molecule has 1 aromatic heterocycles. The number of nitrogens with zero attached hydrogens (tertiary/aromatic N) is 3. The highest BCUT2D eigenvalue weighted by Gasteiger charge is 2.38. The predicted molar refractivity (Wildman–Crippen MR) is 77.8 cm³/mol. The lowest BCUT2D eigenvalue weighted by atomic mass is 10.1. The molecule has 2 aromatic rings. The number of nitrogens with two attached hydrogens (primary N) is 1. The minimum Gasteiger partial charge on any atom is -1.00 e. The van der Waals surface area contributed by atoms with Crippen LogP contribution in [0.25, 0.3) is 0 Å². The van der Waals surface area contributed by atoms with Crippen molar-refractivity contribution in [3.05, 3.63) is 35.7 Å². The second-order valence-corrected chi connectivity index (χ2v) is 5.83. The van der Waals surface area contributed by atoms with Crippen LogP contribution in [0.15, 0.2) is 29.4 Å². The van der Waals surface area contributed by atoms with Gasteiger partial charge in [0.1, 0.15) is 5.75 Å². The van der Waals surface area contributed by atoms with Gasteiger partial charge in [0.2, 0.25) is 5.16 Å². The first-order chi connectivity index (χ1) is 10.7. The third kappa shape index (κ3) is 4.41. The zero-order valence-corrected chi connectivity index (χ0v) is 14.9. The summed E-state index contributed by atoms with van der Waals surface area (Å²) in [6.07, 6.45) is -4.70. The number of Topliss-reactive ketones (excluding diaryl/α,β-unsaturated/α-hetero) is 1. The van der Waals surface area contributed by atoms with Crippen molar-refractivity contribution in [1.82, 2.24) is 14.9 Å². The molecule has 0 aliphatic carbocycles. The van der Waals surface area contributed by atoms with Crippen LogP contribution in [0, 0.1) is 0 Å². The van der Waals surface area contributed by atoms with Gasteiger partial charge in [-0.15, -0.1) is 10.2 Å². The third-order valence-corrected chi connectivity index (χ3v) is 4.00. The van der Waals surface area contributed by atoms with E-state index in [2.05, 4.69) is 10.2 Å². The molecule has 0 amide bonds. The summed E-state index contributed by atoms with van der Waals surface area (Å²) >= 11 is 0.804. The summed E-state index contributed by atoms with van der Waals surface area (Å²) in [7, 11) is 1.50. The van der Waals surface area contributed by atoms with E-state index in [9.17, 15) is 18.0 Å². The summed E-state index contributed by atoms with van der Waals surface area (Å²) in [5.41, 5.74) is 0.407. The molecule has 0 aliphatic heterocycles. The second kappa shape index (κ2) is 7.88. The summed E-state index contributed by atoms with van der Waals surface area (Å²) in [6, 6.07) is 6.40. The van der Waals surface area contributed by atoms with Crippen LogP contribution in [-0.4, -0.2) is 33.0 Å². The first-order valence-corrected chi connectivity index (χ1v) is 7.24. The predicted octanol–water partition coefficient (Wildman–Crippen LogP) is -0.613. The smallest absolute Gasteiger partial charge is 0.453 e. The fraction of sp³-hybridized carbons (Fsp3) is 0.308. The SMILES string of the molecule is COc1ccc(C(=O)C(C)Sc2nnc(C(F)(F)F)n2N)cc1.[Br-]. The first kappa shape index (κ1) is 20.3. The minimum atomic E-state index is -4.70. The molecular weight excluding hydrogens is 413 g/mol. The quantitative estimate of drug-likeness (QED) is 0.390. The molecule has 132 valence electrons. The fourth-order valence-electron chi connectivity index (χ4n) is 1.75. The van der Waals surface area contributed by atoms with Crippen molar-refractivity contribution in [3.63, 3.8) is 0 Å². The normalized spacial score (nSPS) is 12.4. The van der Waals surface area contributed by atoms with Crippen LogP contribution in [0.5, 0.6) is 5.75 Å². The van der Waals surface area contributed by atoms with Gasteiger partial charge < -0.3 is 27.6 Å². The van der Waals surface area contributed by atoms with Gasteiger partial charge >= 0.3 is 6.18 Å². The molecule has 6 nitrogen and oxygen atoms in total. The minimum absolute atomic E-state index is 0. The number of nitrogen functional groups attached to an aromatic ring is 1. The van der Waals surface area contributed by atoms with Gasteiger partial charge in [-0.05, 0) is 31.2 Å². The maximum Gasteiger partial charge on any atom is 0.453 e. The van der Waals surface area contributed by atoms with E-state index in [0.717, 1.165) is 11.8 Å². The monoisotopic (exact) mass is 425 g/mol. The highest BCUT2D eigenvalue weighted by molar-refractivity contribution is 8.00. The summed E-state index contributed by atoms with van der Waals surface area (Å²) in [6.45, 7) is 1.55. The topological polar surface area (TPSA) is 83.0 Å². The number of carbonyl (C=O) groups is 1. The van der Waals surface area contributed by atoms with E-state index < -0.39 is 17.3 Å². The number of aromatic nitrogens is 3. The zero-order valence-electron chi connectivity index (χ0n) is 12.5. The number of ether oxygens (including phenoxy) is 1. The van der Waals surface area contributed by atoms with Crippen molar-refractivity contribution in [2.45, 2.75) is 23.5 Å². The van der Waals surface area contributed by atoms with Crippen molar-refractivity contribution in [2.24, 2.45) is 0 Å². The number of hydrogen-bond donors (Lipinski definition) is 1. The van der Waals surface area contributed by atoms with Crippen LogP contribution in [0.4, 0.5) is 13.2 Å². The number of benzene rings is 1. The lowest BCUT2D eigenvalue weighted by Gasteiger charge is -2.11. The highest BCUT2D eigenvalue weighted by atomic mass is 79.9. The molecule has 2 N–H and O–H groups in total. The van der Waals surface area contributed by atoms with E-state index in [1.54, 1.807) is 31.2 Å². The third-order valence-electron chi connectivity index (χ3n) is 2.94. The molecule has 11 heteroatoms. The van der Waals surface area contributed by atoms with E-state index in [1.165, 1.54) is 7.11 Å². The van der Waals surface area contributed by atoms with Crippen molar-refractivity contribution < 1.29 is 39.7 Å². The molecule has 0 bridgehead atoms. The Kier molecular flexibility index (Phi) is 6.67. The molecule has 1 aromatic carbocycles. The Morgan fingerprint density at radius 2 is 1.88 bits per heavy atom. The number of rotatable bonds is 5. The summed E-state index contributed by atoms with van der Waals surface area (Å²) in [4.78, 5) is 12.3. The Balaban J connectivity index is 0.00000288. The molecule has 0 saturated carbocycles. The molecule has 0 saturated heterocycles. The second-order valence-electron chi connectivity index (χ2n) is 4.53. The largest absolute Gasteiger partial charge is 1.00 e. The van der Waals surface area contributed by atoms with E-state index in [-0.39, 0.29) is 27.9 Å². The molecule has 0 fully saturated rings. The van der Waals surface area contributed by atoms with Crippen LogP contribution < -0.4 is 27.6 Å². The van der Waals surface area contributed by atoms with E-state index in [1.807, 2.05) is 0 Å². The van der Waals surface area contributed by atoms with Gasteiger partial charge in [-0.1, -0.05) is 11.8 Å². The van der Waals surface area contributed by atoms with Crippen molar-refractivity contribution in [1.29, 1.82) is 0 Å². The van der Waals surface area contributed by atoms with Gasteiger partial charge in [-0.3, -0.25) is 4.79 Å². The molecule has 1 unspecified atom stereocenters. The Labute approximate surface area is 150 Å². The van der Waals surface area contributed by atoms with Crippen molar-refractivity contribution >= 4 is 17.5 Å². The van der Waals surface area contributed by atoms with Gasteiger partial charge in [0, 0.05) is 5.56 Å². The Morgan fingerprint density at radius 3 is 2.33 bits per heavy atom. The van der Waals surface area contributed by atoms with Crippen LogP contribution >= 0.6 is 11.8 Å². The van der Waals surface area contributed by atoms with Crippen LogP contribution in [-0.2, 0) is 6.18 Å². The number of ketones is 1. The first-order valence-electron chi connectivity index (χ1n) is 6.36. The summed E-state index contributed by atoms with van der Waals surface area (Å²) < 4.78 is 43.1. The van der Waals surface area contributed by atoms with E-state index in [0.29, 0.717) is 16.0 Å². The number of alkyl halides is 3. The van der Waals surface area contributed by atoms with Gasteiger partial charge in [0.15, 0.2) is 5.78 Å². The number of carbonyl (C=O) groups excluding carboxylic acids is 1. The average molecular weight is 426 g/mol. The fourth-order valence-corrected chi connectivity index (χ4v) is 2.60. The summed E-state index contributed by atoms with van der Waals surface area (Å²) in [5, 5.41) is 5.52. The molecule has 0 spiro atoms. The van der Waals surface area contributed by atoms with Crippen molar-refractivity contribution in [3.8, 4) is 5.75 Å². The Hall–Kier alpha value is -1.75. The van der Waals surface area contributed by atoms with Crippen LogP contribution in [0.3, 0.4) is 0 Å². The molecule has 2 rings (SSSR count). The molecule has 0 radical (unpaired) electrons. The Bertz CT molecular complexity index is 706. The lowest BCUT2D eigenvalue weighted by Crippen LogP contribution is -3.00. The maximum atomic E-state index is 12.6. The van der Waals surface area contributed by atoms with Gasteiger partial charge in [-0.25, -0.2) is 4.68 Å². The molecule has 1 atom stereocenters. The number of methoxy groups -OCH3 is 1. The average Bonchev–Trinajstić information content (AvgIpc) is 2.87. The van der Waals surface area contributed by atoms with E-state index in [4.69, 9.17) is 10.6 Å². The molecular formula is C13H13BrF3N4O2S-. The number of thioether (sulfide) groups is 1. The van der Waals surface area contributed by atoms with Crippen LogP contribution in [0.2, 0.25) is 0 Å². The molecule has 0 aliphatic rings. The molecule has 24 heavy (non-hydrogen) atoms. The Morgan fingerprint density at radius 1 is 1.29 bits per heavy atom. The number of hydrogen-bond acceptors (Lipinski definition) is 6. The van der Waals surface area contributed by atoms with Gasteiger partial charge in [-0.2, -0.15) is 13.2 Å². The zero-order chi connectivity index (χ0) is 17.2. The van der Waals surface area contributed by atoms with Crippen molar-refractivity contribution in [2.75, 3.05) is 13.0 Å². The van der Waals surface area contributed by atoms with Gasteiger partial charge in [0.25, 0.3) is 5.82 Å². The summed E-state index contributed by atoms with van der Waals surface area (Å²) in [5.74, 6) is 4.35. The maximum absolute atomic E-state index is 12.6. The number of halogens is 4. The molecule has 1 heterocycles. The highest BCUT2D eigenvalue weighted by Crippen LogP contribution is 2.30. The van der Waals surface area contributed by atoms with Crippen LogP contribution in [0.1, 0.15) is 23.1 Å². The standard InChI is InChI=1S/C13H13F3N4O2S.BrH/c1-7(10(21)8-3-5-9(22-2)6-4-8)23-12-19-18-11(20(12)17)13(14,15)16;/h3-7H,17H2,1-2H3;1H/p-1. The lowest BCUT2D eigenvalue weighted by molar-refractivity contribution is -0.146. The van der Waals surface area contributed by atoms with E-state index >= 15 is 0 Å². The van der Waals surface area contributed by atoms with Gasteiger partial charge in [0.05, 0.1) is 12.4 Å².